The highest BCUT2D eigenvalue weighted by Gasteiger charge is 2.09. The Morgan fingerprint density at radius 1 is 1.38 bits per heavy atom. The third-order valence-electron chi connectivity index (χ3n) is 1.69. The molecule has 13 heavy (non-hydrogen) atoms. The summed E-state index contributed by atoms with van der Waals surface area (Å²) in [6, 6.07) is 4.40. The molecule has 1 rings (SSSR count). The smallest absolute Gasteiger partial charge is 0.307 e. The molecule has 0 saturated carbocycles. The number of carboxylic acid groups (broad SMARTS) is 1. The number of phenolic OH excluding ortho intramolecular Hbond substituents is 1. The van der Waals surface area contributed by atoms with Crippen molar-refractivity contribution in [1.29, 1.82) is 0 Å². The van der Waals surface area contributed by atoms with Crippen molar-refractivity contribution in [2.45, 2.75) is 13.1 Å². The van der Waals surface area contributed by atoms with Crippen LogP contribution in [0.3, 0.4) is 0 Å². The molecule has 0 aromatic heterocycles. The lowest BCUT2D eigenvalue weighted by Crippen LogP contribution is -2.01. The van der Waals surface area contributed by atoms with Crippen LogP contribution in [0.2, 0.25) is 0 Å². The topological polar surface area (TPSA) is 57.5 Å². The second kappa shape index (κ2) is 3.89. The minimum absolute atomic E-state index is 0.124. The molecular formula is C9H9FO3. The number of phenols is 1. The van der Waals surface area contributed by atoms with Crippen molar-refractivity contribution in [2.75, 3.05) is 0 Å². The lowest BCUT2D eigenvalue weighted by molar-refractivity contribution is -0.136. The predicted octanol–water partition coefficient (Wildman–Crippen LogP) is 1.49. The van der Waals surface area contributed by atoms with E-state index in [-0.39, 0.29) is 23.3 Å². The summed E-state index contributed by atoms with van der Waals surface area (Å²) in [6.45, 7) is -0.792. The molecule has 0 amide bonds. The van der Waals surface area contributed by atoms with Crippen LogP contribution in [-0.4, -0.2) is 16.2 Å². The molecule has 0 aliphatic carbocycles. The minimum atomic E-state index is -1.05. The van der Waals surface area contributed by atoms with Crippen LogP contribution in [0.15, 0.2) is 18.2 Å². The molecule has 0 heterocycles. The molecule has 0 atom stereocenters. The first-order valence-electron chi connectivity index (χ1n) is 3.72. The van der Waals surface area contributed by atoms with Crippen LogP contribution in [0.1, 0.15) is 11.1 Å². The van der Waals surface area contributed by atoms with Crippen molar-refractivity contribution in [3.8, 4) is 5.75 Å². The van der Waals surface area contributed by atoms with Crippen molar-refractivity contribution in [3.63, 3.8) is 0 Å². The number of para-hydroxylation sites is 1. The summed E-state index contributed by atoms with van der Waals surface area (Å²) in [6.07, 6.45) is -0.292. The van der Waals surface area contributed by atoms with Gasteiger partial charge in [0.1, 0.15) is 12.4 Å². The highest BCUT2D eigenvalue weighted by Crippen LogP contribution is 2.23. The van der Waals surface area contributed by atoms with Gasteiger partial charge in [-0.1, -0.05) is 18.2 Å². The van der Waals surface area contributed by atoms with E-state index >= 15 is 0 Å². The second-order valence-electron chi connectivity index (χ2n) is 2.63. The van der Waals surface area contributed by atoms with Gasteiger partial charge in [0.15, 0.2) is 0 Å². The average Bonchev–Trinajstić information content (AvgIpc) is 2.08. The van der Waals surface area contributed by atoms with Crippen molar-refractivity contribution >= 4 is 5.97 Å². The maximum Gasteiger partial charge on any atom is 0.307 e. The third-order valence-corrected chi connectivity index (χ3v) is 1.69. The van der Waals surface area contributed by atoms with Crippen molar-refractivity contribution < 1.29 is 19.4 Å². The van der Waals surface area contributed by atoms with E-state index in [9.17, 15) is 14.3 Å². The second-order valence-corrected chi connectivity index (χ2v) is 2.63. The van der Waals surface area contributed by atoms with E-state index in [1.54, 1.807) is 0 Å². The van der Waals surface area contributed by atoms with Gasteiger partial charge in [-0.3, -0.25) is 4.79 Å². The summed E-state index contributed by atoms with van der Waals surface area (Å²) in [5, 5.41) is 17.8. The molecule has 0 aliphatic heterocycles. The zero-order valence-corrected chi connectivity index (χ0v) is 6.83. The van der Waals surface area contributed by atoms with Gasteiger partial charge in [0.05, 0.1) is 6.42 Å². The molecule has 0 radical (unpaired) electrons. The molecule has 1 aromatic carbocycles. The molecular weight excluding hydrogens is 175 g/mol. The molecule has 4 heteroatoms. The Balaban J connectivity index is 3.01. The molecule has 0 bridgehead atoms. The van der Waals surface area contributed by atoms with Crippen LogP contribution in [0.5, 0.6) is 5.75 Å². The van der Waals surface area contributed by atoms with E-state index in [2.05, 4.69) is 0 Å². The van der Waals surface area contributed by atoms with Gasteiger partial charge in [-0.2, -0.15) is 0 Å². The van der Waals surface area contributed by atoms with Gasteiger partial charge in [0.2, 0.25) is 0 Å². The molecule has 0 unspecified atom stereocenters. The Morgan fingerprint density at radius 2 is 2.00 bits per heavy atom. The lowest BCUT2D eigenvalue weighted by atomic mass is 10.1. The molecule has 0 saturated heterocycles. The number of carbonyl (C=O) groups is 1. The van der Waals surface area contributed by atoms with Gasteiger partial charge in [-0.15, -0.1) is 0 Å². The summed E-state index contributed by atoms with van der Waals surface area (Å²) in [4.78, 5) is 10.3. The van der Waals surface area contributed by atoms with Crippen LogP contribution < -0.4 is 0 Å². The number of aromatic hydroxyl groups is 1. The maximum atomic E-state index is 12.2. The van der Waals surface area contributed by atoms with Gasteiger partial charge < -0.3 is 10.2 Å². The van der Waals surface area contributed by atoms with Crippen LogP contribution in [0.25, 0.3) is 0 Å². The van der Waals surface area contributed by atoms with E-state index < -0.39 is 12.6 Å². The molecule has 1 aromatic rings. The summed E-state index contributed by atoms with van der Waals surface area (Å²) >= 11 is 0. The standard InChI is InChI=1S/C9H9FO3/c10-5-7-3-1-2-6(9(7)13)4-8(11)12/h1-3,13H,4-5H2,(H,11,12). The molecule has 0 fully saturated rings. The van der Waals surface area contributed by atoms with Crippen molar-refractivity contribution in [2.24, 2.45) is 0 Å². The zero-order chi connectivity index (χ0) is 9.84. The Morgan fingerprint density at radius 3 is 2.54 bits per heavy atom. The Labute approximate surface area is 74.4 Å². The van der Waals surface area contributed by atoms with Gasteiger partial charge in [-0.05, 0) is 0 Å². The number of rotatable bonds is 3. The van der Waals surface area contributed by atoms with E-state index in [4.69, 9.17) is 5.11 Å². The normalized spacial score (nSPS) is 9.92. The Kier molecular flexibility index (Phi) is 2.84. The SMILES string of the molecule is O=C(O)Cc1cccc(CF)c1O. The Hall–Kier alpha value is -1.58. The molecule has 70 valence electrons. The van der Waals surface area contributed by atoms with Gasteiger partial charge in [0, 0.05) is 11.1 Å². The highest BCUT2D eigenvalue weighted by atomic mass is 19.1. The number of halogens is 1. The average molecular weight is 184 g/mol. The van der Waals surface area contributed by atoms with Gasteiger partial charge >= 0.3 is 5.97 Å². The fourth-order valence-electron chi connectivity index (χ4n) is 1.06. The molecule has 0 spiro atoms. The number of aliphatic carboxylic acids is 1. The Bertz CT molecular complexity index is 323. The van der Waals surface area contributed by atoms with E-state index in [1.165, 1.54) is 18.2 Å². The van der Waals surface area contributed by atoms with E-state index in [0.717, 1.165) is 0 Å². The van der Waals surface area contributed by atoms with Crippen LogP contribution in [-0.2, 0) is 17.9 Å². The quantitative estimate of drug-likeness (QED) is 0.748. The first-order valence-corrected chi connectivity index (χ1v) is 3.72. The van der Waals surface area contributed by atoms with Crippen LogP contribution in [0.4, 0.5) is 4.39 Å². The molecule has 0 aliphatic rings. The van der Waals surface area contributed by atoms with Gasteiger partial charge in [-0.25, -0.2) is 4.39 Å². The first-order chi connectivity index (χ1) is 6.15. The van der Waals surface area contributed by atoms with Crippen LogP contribution >= 0.6 is 0 Å². The summed E-state index contributed by atoms with van der Waals surface area (Å²) in [5.74, 6) is -1.31. The van der Waals surface area contributed by atoms with Crippen molar-refractivity contribution in [1.82, 2.24) is 0 Å². The maximum absolute atomic E-state index is 12.2. The fraction of sp³-hybridized carbons (Fsp3) is 0.222. The minimum Gasteiger partial charge on any atom is -0.507 e. The summed E-state index contributed by atoms with van der Waals surface area (Å²) in [5.41, 5.74) is 0.362. The van der Waals surface area contributed by atoms with E-state index in [1.807, 2.05) is 0 Å². The number of hydrogen-bond donors (Lipinski definition) is 2. The largest absolute Gasteiger partial charge is 0.507 e. The highest BCUT2D eigenvalue weighted by molar-refractivity contribution is 5.71. The first kappa shape index (κ1) is 9.51. The number of alkyl halides is 1. The number of carboxylic acids is 1. The zero-order valence-electron chi connectivity index (χ0n) is 6.83. The fourth-order valence-corrected chi connectivity index (χ4v) is 1.06. The third kappa shape index (κ3) is 2.18. The molecule has 3 nitrogen and oxygen atoms in total. The van der Waals surface area contributed by atoms with E-state index in [0.29, 0.717) is 0 Å². The van der Waals surface area contributed by atoms with Crippen molar-refractivity contribution in [3.05, 3.63) is 29.3 Å². The predicted molar refractivity (Wildman–Crippen MR) is 44.3 cm³/mol. The summed E-state index contributed by atoms with van der Waals surface area (Å²) < 4.78 is 12.2. The number of hydrogen-bond acceptors (Lipinski definition) is 2. The van der Waals surface area contributed by atoms with Crippen LogP contribution in [0, 0.1) is 0 Å². The lowest BCUT2D eigenvalue weighted by Gasteiger charge is -2.04. The monoisotopic (exact) mass is 184 g/mol. The number of benzene rings is 1. The summed E-state index contributed by atoms with van der Waals surface area (Å²) in [7, 11) is 0. The molecule has 2 N–H and O–H groups in total. The van der Waals surface area contributed by atoms with Gasteiger partial charge in [0.25, 0.3) is 0 Å².